The molecule has 40 heavy (non-hydrogen) atoms. The van der Waals surface area contributed by atoms with Gasteiger partial charge in [0.25, 0.3) is 5.91 Å². The highest BCUT2D eigenvalue weighted by Gasteiger charge is 2.32. The zero-order chi connectivity index (χ0) is 28.1. The Kier molecular flexibility index (Phi) is 9.14. The van der Waals surface area contributed by atoms with Crippen LogP contribution in [-0.2, 0) is 22.6 Å². The molecule has 0 aliphatic carbocycles. The summed E-state index contributed by atoms with van der Waals surface area (Å²) in [5, 5.41) is 2.59. The van der Waals surface area contributed by atoms with Gasteiger partial charge in [-0.2, -0.15) is 0 Å². The predicted octanol–water partition coefficient (Wildman–Crippen LogP) is 4.32. The molecular formula is C31H38N4O4S. The maximum atomic E-state index is 13.0. The summed E-state index contributed by atoms with van der Waals surface area (Å²) in [7, 11) is 1.71. The average molecular weight is 563 g/mol. The second-order valence-electron chi connectivity index (χ2n) is 10.4. The first-order chi connectivity index (χ1) is 19.5. The van der Waals surface area contributed by atoms with Crippen molar-refractivity contribution in [2.24, 2.45) is 0 Å². The van der Waals surface area contributed by atoms with Crippen LogP contribution >= 0.6 is 11.3 Å². The van der Waals surface area contributed by atoms with Crippen LogP contribution in [0.2, 0.25) is 0 Å². The lowest BCUT2D eigenvalue weighted by atomic mass is 9.87. The largest absolute Gasteiger partial charge is 0.486 e. The number of carbonyl (C=O) groups excluding carboxylic acids is 2. The average Bonchev–Trinajstić information content (AvgIpc) is 3.47. The molecule has 0 bridgehead atoms. The first-order valence-corrected chi connectivity index (χ1v) is 14.9. The van der Waals surface area contributed by atoms with Crippen LogP contribution in [0, 0.1) is 6.92 Å². The van der Waals surface area contributed by atoms with E-state index in [1.54, 1.807) is 7.11 Å². The summed E-state index contributed by atoms with van der Waals surface area (Å²) >= 11 is 1.44. The van der Waals surface area contributed by atoms with Gasteiger partial charge in [0.2, 0.25) is 5.91 Å². The molecule has 2 amide bonds. The molecule has 3 heterocycles. The van der Waals surface area contributed by atoms with E-state index in [4.69, 9.17) is 9.47 Å². The lowest BCUT2D eigenvalue weighted by Gasteiger charge is -2.38. The lowest BCUT2D eigenvalue weighted by Crippen LogP contribution is -2.49. The van der Waals surface area contributed by atoms with Gasteiger partial charge < -0.3 is 19.3 Å². The molecule has 3 aromatic rings. The molecule has 0 radical (unpaired) electrons. The number of rotatable bonds is 9. The topological polar surface area (TPSA) is 75.2 Å². The fourth-order valence-corrected chi connectivity index (χ4v) is 6.12. The van der Waals surface area contributed by atoms with Crippen LogP contribution in [0.15, 0.2) is 47.8 Å². The van der Waals surface area contributed by atoms with Crippen molar-refractivity contribution in [2.45, 2.75) is 39.3 Å². The van der Waals surface area contributed by atoms with Crippen LogP contribution < -0.4 is 4.74 Å². The number of fused-ring (bicyclic) bond motifs is 1. The Balaban J connectivity index is 1.26. The third kappa shape index (κ3) is 6.37. The SMILES string of the molecule is CCC(=O)N1CCc2ccc(OCc3nc(C(=O)N4CCN(CCOC)CC4)cs3)cc2[C@@H]1c1ccc(C)cc1. The van der Waals surface area contributed by atoms with E-state index in [1.165, 1.54) is 22.5 Å². The van der Waals surface area contributed by atoms with Crippen molar-refractivity contribution < 1.29 is 19.1 Å². The van der Waals surface area contributed by atoms with E-state index in [-0.39, 0.29) is 24.5 Å². The van der Waals surface area contributed by atoms with Crippen molar-refractivity contribution in [2.75, 3.05) is 53.0 Å². The summed E-state index contributed by atoms with van der Waals surface area (Å²) in [4.78, 5) is 36.7. The van der Waals surface area contributed by atoms with Gasteiger partial charge in [-0.25, -0.2) is 4.98 Å². The van der Waals surface area contributed by atoms with Crippen molar-refractivity contribution in [3.8, 4) is 5.75 Å². The number of nitrogens with zero attached hydrogens (tertiary/aromatic N) is 4. The number of piperazine rings is 1. The van der Waals surface area contributed by atoms with Crippen molar-refractivity contribution in [1.82, 2.24) is 19.7 Å². The highest BCUT2D eigenvalue weighted by molar-refractivity contribution is 7.09. The van der Waals surface area contributed by atoms with Crippen LogP contribution in [0.4, 0.5) is 0 Å². The number of aryl methyl sites for hydroxylation is 1. The number of carbonyl (C=O) groups is 2. The number of ether oxygens (including phenoxy) is 2. The Labute approximate surface area is 240 Å². The summed E-state index contributed by atoms with van der Waals surface area (Å²) in [5.74, 6) is 0.861. The number of thiazole rings is 1. The van der Waals surface area contributed by atoms with E-state index in [1.807, 2.05) is 28.2 Å². The van der Waals surface area contributed by atoms with E-state index in [2.05, 4.69) is 53.2 Å². The van der Waals surface area contributed by atoms with Gasteiger partial charge in [0.1, 0.15) is 23.1 Å². The van der Waals surface area contributed by atoms with Gasteiger partial charge in [0.05, 0.1) is 12.6 Å². The summed E-state index contributed by atoms with van der Waals surface area (Å²) in [6, 6.07) is 14.5. The third-order valence-corrected chi connectivity index (χ3v) is 8.59. The zero-order valence-corrected chi connectivity index (χ0v) is 24.4. The molecule has 2 aliphatic heterocycles. The second kappa shape index (κ2) is 12.9. The molecule has 1 aromatic heterocycles. The number of aromatic nitrogens is 1. The Bertz CT molecular complexity index is 1320. The van der Waals surface area contributed by atoms with Gasteiger partial charge in [-0.3, -0.25) is 14.5 Å². The minimum absolute atomic E-state index is 0.0238. The first-order valence-electron chi connectivity index (χ1n) is 14.0. The first kappa shape index (κ1) is 28.3. The fraction of sp³-hybridized carbons (Fsp3) is 0.452. The zero-order valence-electron chi connectivity index (χ0n) is 23.6. The van der Waals surface area contributed by atoms with Crippen LogP contribution in [0.3, 0.4) is 0 Å². The molecule has 0 N–H and O–H groups in total. The number of methoxy groups -OCH3 is 1. The quantitative estimate of drug-likeness (QED) is 0.387. The molecule has 1 saturated heterocycles. The molecule has 212 valence electrons. The standard InChI is InChI=1S/C31H38N4O4S/c1-4-29(36)35-12-11-23-9-10-25(19-26(23)30(35)24-7-5-22(2)6-8-24)39-20-28-32-27(21-40-28)31(37)34-15-13-33(14-16-34)17-18-38-3/h5-10,19,21,30H,4,11-18,20H2,1-3H3/t30-/m0/s1. The number of hydrogen-bond acceptors (Lipinski definition) is 7. The van der Waals surface area contributed by atoms with E-state index < -0.39 is 0 Å². The third-order valence-electron chi connectivity index (χ3n) is 7.77. The number of amides is 2. The summed E-state index contributed by atoms with van der Waals surface area (Å²) < 4.78 is 11.3. The maximum absolute atomic E-state index is 13.0. The molecule has 1 fully saturated rings. The van der Waals surface area contributed by atoms with Gasteiger partial charge in [0.15, 0.2) is 0 Å². The van der Waals surface area contributed by atoms with E-state index in [0.29, 0.717) is 38.4 Å². The second-order valence-corrected chi connectivity index (χ2v) is 11.3. The van der Waals surface area contributed by atoms with Crippen molar-refractivity contribution in [3.63, 3.8) is 0 Å². The molecule has 1 atom stereocenters. The fourth-order valence-electron chi connectivity index (χ4n) is 5.44. The maximum Gasteiger partial charge on any atom is 0.273 e. The molecule has 0 unspecified atom stereocenters. The van der Waals surface area contributed by atoms with E-state index in [9.17, 15) is 9.59 Å². The van der Waals surface area contributed by atoms with E-state index >= 15 is 0 Å². The van der Waals surface area contributed by atoms with Gasteiger partial charge in [0, 0.05) is 58.2 Å². The molecule has 0 spiro atoms. The van der Waals surface area contributed by atoms with Crippen molar-refractivity contribution in [3.05, 3.63) is 80.8 Å². The minimum atomic E-state index is -0.139. The minimum Gasteiger partial charge on any atom is -0.486 e. The lowest BCUT2D eigenvalue weighted by molar-refractivity contribution is -0.132. The van der Waals surface area contributed by atoms with Gasteiger partial charge >= 0.3 is 0 Å². The summed E-state index contributed by atoms with van der Waals surface area (Å²) in [6.45, 7) is 9.65. The van der Waals surface area contributed by atoms with Crippen LogP contribution in [0.5, 0.6) is 5.75 Å². The van der Waals surface area contributed by atoms with Crippen LogP contribution in [0.25, 0.3) is 0 Å². The highest BCUT2D eigenvalue weighted by atomic mass is 32.1. The Hall–Kier alpha value is -3.27. The van der Waals surface area contributed by atoms with Gasteiger partial charge in [-0.1, -0.05) is 42.8 Å². The van der Waals surface area contributed by atoms with E-state index in [0.717, 1.165) is 47.9 Å². The molecule has 0 saturated carbocycles. The Morgan fingerprint density at radius 3 is 2.55 bits per heavy atom. The Morgan fingerprint density at radius 2 is 1.82 bits per heavy atom. The number of benzene rings is 2. The smallest absolute Gasteiger partial charge is 0.273 e. The van der Waals surface area contributed by atoms with Gasteiger partial charge in [-0.05, 0) is 42.2 Å². The summed E-state index contributed by atoms with van der Waals surface area (Å²) in [6.07, 6.45) is 1.30. The summed E-state index contributed by atoms with van der Waals surface area (Å²) in [5.41, 5.74) is 5.12. The molecule has 8 nitrogen and oxygen atoms in total. The van der Waals surface area contributed by atoms with Gasteiger partial charge in [-0.15, -0.1) is 11.3 Å². The molecular weight excluding hydrogens is 524 g/mol. The monoisotopic (exact) mass is 562 g/mol. The van der Waals surface area contributed by atoms with Crippen molar-refractivity contribution >= 4 is 23.2 Å². The molecule has 2 aliphatic rings. The number of hydrogen-bond donors (Lipinski definition) is 0. The molecule has 5 rings (SSSR count). The predicted molar refractivity (Wildman–Crippen MR) is 156 cm³/mol. The highest BCUT2D eigenvalue weighted by Crippen LogP contribution is 2.37. The van der Waals surface area contributed by atoms with Crippen molar-refractivity contribution in [1.29, 1.82) is 0 Å². The molecule has 9 heteroatoms. The Morgan fingerprint density at radius 1 is 1.05 bits per heavy atom. The molecule has 2 aromatic carbocycles. The normalized spacial score (nSPS) is 17.5. The van der Waals surface area contributed by atoms with Crippen LogP contribution in [-0.4, -0.2) is 84.5 Å². The van der Waals surface area contributed by atoms with Crippen LogP contribution in [0.1, 0.15) is 57.1 Å².